The molecule has 0 heterocycles. The molecule has 6 nitrogen and oxygen atoms in total. The van der Waals surface area contributed by atoms with E-state index in [0.29, 0.717) is 29.9 Å². The number of aliphatic hydroxyl groups is 1. The number of halogens is 1. The van der Waals surface area contributed by atoms with Crippen LogP contribution >= 0.6 is 0 Å². The minimum atomic E-state index is -0.476. The van der Waals surface area contributed by atoms with E-state index in [9.17, 15) is 14.0 Å². The molecular weight excluding hydrogens is 325 g/mol. The summed E-state index contributed by atoms with van der Waals surface area (Å²) in [5, 5.41) is 17.2. The standard InChI is InChI=1S/C18H26FN3O3/c1-3-13(11-23)5-4-8-21-17(25)7-6-14-9-15(19)10-16(20-2)18(14)22-12-24/h6-7,9-10,12-13,20,23H,3-5,8,11H2,1-2H3,(H,21,25)(H,22,24)/b7-6+/t13-/m1/s1. The van der Waals surface area contributed by atoms with Gasteiger partial charge in [0.25, 0.3) is 0 Å². The van der Waals surface area contributed by atoms with Crippen LogP contribution in [-0.2, 0) is 9.59 Å². The summed E-state index contributed by atoms with van der Waals surface area (Å²) in [5.74, 6) is -0.517. The summed E-state index contributed by atoms with van der Waals surface area (Å²) in [7, 11) is 1.61. The van der Waals surface area contributed by atoms with Crippen LogP contribution in [0.5, 0.6) is 0 Å². The van der Waals surface area contributed by atoms with Gasteiger partial charge < -0.3 is 21.1 Å². The summed E-state index contributed by atoms with van der Waals surface area (Å²) in [6, 6.07) is 2.50. The molecule has 1 atom stereocenters. The number of benzene rings is 1. The molecule has 4 N–H and O–H groups in total. The van der Waals surface area contributed by atoms with Crippen molar-refractivity contribution in [1.29, 1.82) is 0 Å². The van der Waals surface area contributed by atoms with Crippen molar-refractivity contribution in [2.75, 3.05) is 30.8 Å². The van der Waals surface area contributed by atoms with Gasteiger partial charge in [-0.1, -0.05) is 13.3 Å². The molecule has 138 valence electrons. The molecule has 0 spiro atoms. The normalized spacial score (nSPS) is 12.0. The smallest absolute Gasteiger partial charge is 0.244 e. The number of carbonyl (C=O) groups excluding carboxylic acids is 2. The van der Waals surface area contributed by atoms with E-state index in [-0.39, 0.29) is 18.4 Å². The zero-order chi connectivity index (χ0) is 18.7. The van der Waals surface area contributed by atoms with E-state index in [2.05, 4.69) is 16.0 Å². The Labute approximate surface area is 147 Å². The SMILES string of the molecule is CC[C@@H](CO)CCCNC(=O)/C=C/c1cc(F)cc(NC)c1NC=O. The lowest BCUT2D eigenvalue weighted by molar-refractivity contribution is -0.116. The molecule has 0 saturated heterocycles. The molecule has 0 aliphatic carbocycles. The first-order valence-electron chi connectivity index (χ1n) is 8.33. The fraction of sp³-hybridized carbons (Fsp3) is 0.444. The third-order valence-corrected chi connectivity index (χ3v) is 3.94. The minimum Gasteiger partial charge on any atom is -0.396 e. The average Bonchev–Trinajstić information content (AvgIpc) is 2.61. The Kier molecular flexibility index (Phi) is 9.24. The predicted molar refractivity (Wildman–Crippen MR) is 97.8 cm³/mol. The Morgan fingerprint density at radius 3 is 2.76 bits per heavy atom. The first kappa shape index (κ1) is 20.6. The zero-order valence-electron chi connectivity index (χ0n) is 14.6. The van der Waals surface area contributed by atoms with Crippen LogP contribution in [0.15, 0.2) is 18.2 Å². The number of anilines is 2. The zero-order valence-corrected chi connectivity index (χ0v) is 14.6. The lowest BCUT2D eigenvalue weighted by Gasteiger charge is -2.12. The van der Waals surface area contributed by atoms with Crippen molar-refractivity contribution in [3.8, 4) is 0 Å². The second kappa shape index (κ2) is 11.2. The fourth-order valence-corrected chi connectivity index (χ4v) is 2.43. The molecule has 0 aromatic heterocycles. The lowest BCUT2D eigenvalue weighted by Crippen LogP contribution is -2.22. The molecule has 0 aliphatic heterocycles. The Bertz CT molecular complexity index is 601. The van der Waals surface area contributed by atoms with Gasteiger partial charge in [0, 0.05) is 31.8 Å². The summed E-state index contributed by atoms with van der Waals surface area (Å²) in [6.07, 6.45) is 5.78. The highest BCUT2D eigenvalue weighted by molar-refractivity contribution is 5.95. The van der Waals surface area contributed by atoms with Crippen LogP contribution in [0.1, 0.15) is 31.7 Å². The average molecular weight is 351 g/mol. The molecule has 0 bridgehead atoms. The Hall–Kier alpha value is -2.41. The van der Waals surface area contributed by atoms with Crippen LogP contribution in [0.3, 0.4) is 0 Å². The molecule has 1 rings (SSSR count). The Morgan fingerprint density at radius 2 is 2.16 bits per heavy atom. The van der Waals surface area contributed by atoms with Crippen molar-refractivity contribution in [2.45, 2.75) is 26.2 Å². The minimum absolute atomic E-state index is 0.157. The van der Waals surface area contributed by atoms with Crippen LogP contribution in [0.25, 0.3) is 6.08 Å². The van der Waals surface area contributed by atoms with Crippen molar-refractivity contribution < 1.29 is 19.1 Å². The van der Waals surface area contributed by atoms with E-state index < -0.39 is 5.82 Å². The summed E-state index contributed by atoms with van der Waals surface area (Å²) in [5.41, 5.74) is 1.20. The predicted octanol–water partition coefficient (Wildman–Crippen LogP) is 2.36. The van der Waals surface area contributed by atoms with Crippen molar-refractivity contribution in [3.63, 3.8) is 0 Å². The fourth-order valence-electron chi connectivity index (χ4n) is 2.43. The highest BCUT2D eigenvalue weighted by Gasteiger charge is 2.09. The van der Waals surface area contributed by atoms with Crippen molar-refractivity contribution in [3.05, 3.63) is 29.6 Å². The Balaban J connectivity index is 2.66. The molecule has 7 heteroatoms. The maximum atomic E-state index is 13.6. The third kappa shape index (κ3) is 6.93. The number of carbonyl (C=O) groups is 2. The van der Waals surface area contributed by atoms with Gasteiger partial charge in [-0.3, -0.25) is 9.59 Å². The van der Waals surface area contributed by atoms with Gasteiger partial charge in [-0.05, 0) is 37.0 Å². The van der Waals surface area contributed by atoms with E-state index in [1.807, 2.05) is 6.92 Å². The molecule has 1 aromatic carbocycles. The van der Waals surface area contributed by atoms with Gasteiger partial charge in [0.2, 0.25) is 12.3 Å². The maximum absolute atomic E-state index is 13.6. The number of aliphatic hydroxyl groups excluding tert-OH is 1. The van der Waals surface area contributed by atoms with Gasteiger partial charge in [-0.15, -0.1) is 0 Å². The van der Waals surface area contributed by atoms with E-state index >= 15 is 0 Å². The maximum Gasteiger partial charge on any atom is 0.244 e. The number of nitrogens with one attached hydrogen (secondary N) is 3. The first-order chi connectivity index (χ1) is 12.0. The molecule has 0 fully saturated rings. The van der Waals surface area contributed by atoms with Gasteiger partial charge in [-0.2, -0.15) is 0 Å². The summed E-state index contributed by atoms with van der Waals surface area (Å²) in [4.78, 5) is 22.6. The van der Waals surface area contributed by atoms with E-state index in [1.165, 1.54) is 24.3 Å². The lowest BCUT2D eigenvalue weighted by atomic mass is 10.0. The van der Waals surface area contributed by atoms with Crippen LogP contribution in [0.4, 0.5) is 15.8 Å². The quantitative estimate of drug-likeness (QED) is 0.280. The molecule has 1 aromatic rings. The highest BCUT2D eigenvalue weighted by Crippen LogP contribution is 2.28. The van der Waals surface area contributed by atoms with Crippen LogP contribution < -0.4 is 16.0 Å². The largest absolute Gasteiger partial charge is 0.396 e. The molecule has 0 unspecified atom stereocenters. The Morgan fingerprint density at radius 1 is 1.40 bits per heavy atom. The molecule has 0 saturated carbocycles. The highest BCUT2D eigenvalue weighted by atomic mass is 19.1. The molecule has 0 aliphatic rings. The third-order valence-electron chi connectivity index (χ3n) is 3.94. The van der Waals surface area contributed by atoms with E-state index in [1.54, 1.807) is 7.05 Å². The molecule has 2 amide bonds. The molecule has 0 radical (unpaired) electrons. The van der Waals surface area contributed by atoms with Gasteiger partial charge in [0.05, 0.1) is 11.4 Å². The number of amides is 2. The number of rotatable bonds is 11. The van der Waals surface area contributed by atoms with Crippen LogP contribution in [-0.4, -0.2) is 37.6 Å². The summed E-state index contributed by atoms with van der Waals surface area (Å²) < 4.78 is 13.6. The monoisotopic (exact) mass is 351 g/mol. The van der Waals surface area contributed by atoms with Gasteiger partial charge in [0.1, 0.15) is 5.82 Å². The first-order valence-corrected chi connectivity index (χ1v) is 8.33. The van der Waals surface area contributed by atoms with Gasteiger partial charge in [0.15, 0.2) is 0 Å². The van der Waals surface area contributed by atoms with Gasteiger partial charge >= 0.3 is 0 Å². The van der Waals surface area contributed by atoms with Gasteiger partial charge in [-0.25, -0.2) is 4.39 Å². The van der Waals surface area contributed by atoms with E-state index in [4.69, 9.17) is 5.11 Å². The number of hydrogen-bond donors (Lipinski definition) is 4. The topological polar surface area (TPSA) is 90.5 Å². The summed E-state index contributed by atoms with van der Waals surface area (Å²) >= 11 is 0. The summed E-state index contributed by atoms with van der Waals surface area (Å²) in [6.45, 7) is 2.68. The molecular formula is C18H26FN3O3. The second-order valence-corrected chi connectivity index (χ2v) is 5.65. The van der Waals surface area contributed by atoms with Crippen LogP contribution in [0, 0.1) is 11.7 Å². The second-order valence-electron chi connectivity index (χ2n) is 5.65. The number of hydrogen-bond acceptors (Lipinski definition) is 4. The van der Waals surface area contributed by atoms with Crippen LogP contribution in [0.2, 0.25) is 0 Å². The molecule has 25 heavy (non-hydrogen) atoms. The van der Waals surface area contributed by atoms with Crippen molar-refractivity contribution in [2.24, 2.45) is 5.92 Å². The van der Waals surface area contributed by atoms with Crippen molar-refractivity contribution in [1.82, 2.24) is 5.32 Å². The van der Waals surface area contributed by atoms with Crippen molar-refractivity contribution >= 4 is 29.8 Å². The van der Waals surface area contributed by atoms with E-state index in [0.717, 1.165) is 19.3 Å².